The minimum Gasteiger partial charge on any atom is -0.302 e. The Balaban J connectivity index is 2.03. The average Bonchev–Trinajstić information content (AvgIpc) is 3.12. The highest BCUT2D eigenvalue weighted by Crippen LogP contribution is 2.38. The van der Waals surface area contributed by atoms with Gasteiger partial charge in [0, 0.05) is 34.4 Å². The van der Waals surface area contributed by atoms with E-state index in [9.17, 15) is 18.0 Å². The highest BCUT2D eigenvalue weighted by Gasteiger charge is 2.32. The van der Waals surface area contributed by atoms with E-state index >= 15 is 0 Å². The highest BCUT2D eigenvalue weighted by molar-refractivity contribution is 9.10. The number of amides is 1. The lowest BCUT2D eigenvalue weighted by molar-refractivity contribution is -0.137. The number of hydrogen-bond donors (Lipinski definition) is 1. The number of carbonyl (C=O) groups excluding carboxylic acids is 1. The number of halogens is 4. The number of benzene rings is 1. The van der Waals surface area contributed by atoms with Crippen molar-refractivity contribution in [3.63, 3.8) is 0 Å². The van der Waals surface area contributed by atoms with Gasteiger partial charge in [0.05, 0.1) is 11.3 Å². The molecule has 1 aliphatic rings. The van der Waals surface area contributed by atoms with Crippen LogP contribution in [0.3, 0.4) is 0 Å². The first-order valence-electron chi connectivity index (χ1n) is 8.53. The summed E-state index contributed by atoms with van der Waals surface area (Å²) in [5.41, 5.74) is 0.127. The van der Waals surface area contributed by atoms with Gasteiger partial charge in [-0.05, 0) is 44.5 Å². The minimum atomic E-state index is -4.45. The molecule has 1 aliphatic heterocycles. The van der Waals surface area contributed by atoms with Crippen molar-refractivity contribution in [2.45, 2.75) is 45.5 Å². The van der Waals surface area contributed by atoms with Crippen molar-refractivity contribution in [3.05, 3.63) is 33.1 Å². The van der Waals surface area contributed by atoms with Gasteiger partial charge in [-0.25, -0.2) is 4.98 Å². The monoisotopic (exact) mass is 461 g/mol. The topological polar surface area (TPSA) is 45.2 Å². The molecule has 27 heavy (non-hydrogen) atoms. The van der Waals surface area contributed by atoms with Crippen molar-refractivity contribution < 1.29 is 18.0 Å². The number of nitrogens with one attached hydrogen (secondary N) is 1. The SMILES string of the molecule is CC(=O)Nc1nc(-c2cc(Br)cc(C(F)(F)F)c2)c(CN2CCC[C@H]2C)s1. The van der Waals surface area contributed by atoms with Crippen LogP contribution in [0.1, 0.15) is 37.1 Å². The van der Waals surface area contributed by atoms with Crippen LogP contribution in [0.5, 0.6) is 0 Å². The summed E-state index contributed by atoms with van der Waals surface area (Å²) >= 11 is 4.48. The first-order chi connectivity index (χ1) is 12.6. The van der Waals surface area contributed by atoms with Crippen LogP contribution in [0.4, 0.5) is 18.3 Å². The molecule has 1 saturated heterocycles. The van der Waals surface area contributed by atoms with E-state index in [-0.39, 0.29) is 5.91 Å². The maximum Gasteiger partial charge on any atom is 0.416 e. The summed E-state index contributed by atoms with van der Waals surface area (Å²) in [6.45, 7) is 5.06. The maximum absolute atomic E-state index is 13.2. The van der Waals surface area contributed by atoms with Gasteiger partial charge in [0.1, 0.15) is 0 Å². The number of aromatic nitrogens is 1. The standard InChI is InChI=1S/C18H19BrF3N3OS/c1-10-4-3-5-25(10)9-15-16(24-17(27-15)23-11(2)26)12-6-13(18(20,21)22)8-14(19)7-12/h6-8,10H,3-5,9H2,1-2H3,(H,23,24,26)/t10-/m1/s1. The lowest BCUT2D eigenvalue weighted by Crippen LogP contribution is -2.25. The van der Waals surface area contributed by atoms with E-state index in [0.717, 1.165) is 36.4 Å². The molecule has 3 rings (SSSR count). The van der Waals surface area contributed by atoms with E-state index in [4.69, 9.17) is 0 Å². The van der Waals surface area contributed by atoms with Gasteiger partial charge < -0.3 is 5.32 Å². The Labute approximate surface area is 167 Å². The van der Waals surface area contributed by atoms with E-state index in [1.807, 2.05) is 0 Å². The molecule has 1 N–H and O–H groups in total. The molecule has 2 aromatic rings. The smallest absolute Gasteiger partial charge is 0.302 e. The van der Waals surface area contributed by atoms with Crippen LogP contribution in [0, 0.1) is 0 Å². The number of rotatable bonds is 4. The van der Waals surface area contributed by atoms with Crippen molar-refractivity contribution >= 4 is 38.3 Å². The molecule has 1 atom stereocenters. The van der Waals surface area contributed by atoms with Gasteiger partial charge in [-0.15, -0.1) is 0 Å². The number of anilines is 1. The molecular weight excluding hydrogens is 443 g/mol. The third-order valence-corrected chi connectivity index (χ3v) is 5.93. The number of carbonyl (C=O) groups is 1. The predicted molar refractivity (Wildman–Crippen MR) is 104 cm³/mol. The summed E-state index contributed by atoms with van der Waals surface area (Å²) in [6, 6.07) is 4.19. The molecule has 0 unspecified atom stereocenters. The van der Waals surface area contributed by atoms with Crippen molar-refractivity contribution in [2.24, 2.45) is 0 Å². The normalized spacial score (nSPS) is 18.1. The fourth-order valence-electron chi connectivity index (χ4n) is 3.19. The van der Waals surface area contributed by atoms with Crippen molar-refractivity contribution in [2.75, 3.05) is 11.9 Å². The molecule has 0 saturated carbocycles. The Bertz CT molecular complexity index is 853. The summed E-state index contributed by atoms with van der Waals surface area (Å²) < 4.78 is 40.0. The van der Waals surface area contributed by atoms with Crippen LogP contribution in [0.15, 0.2) is 22.7 Å². The number of alkyl halides is 3. The van der Waals surface area contributed by atoms with E-state index in [0.29, 0.717) is 33.4 Å². The second-order valence-corrected chi connectivity index (χ2v) is 8.66. The first kappa shape index (κ1) is 20.3. The first-order valence-corrected chi connectivity index (χ1v) is 10.1. The largest absolute Gasteiger partial charge is 0.416 e. The zero-order valence-electron chi connectivity index (χ0n) is 14.9. The zero-order valence-corrected chi connectivity index (χ0v) is 17.3. The Hall–Kier alpha value is -1.45. The molecule has 0 spiro atoms. The Morgan fingerprint density at radius 2 is 2.15 bits per heavy atom. The van der Waals surface area contributed by atoms with E-state index in [1.165, 1.54) is 18.3 Å². The fourth-order valence-corrected chi connectivity index (χ4v) is 4.74. The Kier molecular flexibility index (Phi) is 5.93. The summed E-state index contributed by atoms with van der Waals surface area (Å²) in [4.78, 5) is 19.0. The van der Waals surface area contributed by atoms with Gasteiger partial charge in [-0.2, -0.15) is 13.2 Å². The van der Waals surface area contributed by atoms with E-state index < -0.39 is 11.7 Å². The van der Waals surface area contributed by atoms with Crippen molar-refractivity contribution in [3.8, 4) is 11.3 Å². The van der Waals surface area contributed by atoms with Gasteiger partial charge >= 0.3 is 6.18 Å². The average molecular weight is 462 g/mol. The van der Waals surface area contributed by atoms with Crippen LogP contribution < -0.4 is 5.32 Å². The second-order valence-electron chi connectivity index (χ2n) is 6.66. The van der Waals surface area contributed by atoms with Gasteiger partial charge in [0.25, 0.3) is 0 Å². The molecule has 1 fully saturated rings. The lowest BCUT2D eigenvalue weighted by Gasteiger charge is -2.20. The zero-order chi connectivity index (χ0) is 19.8. The van der Waals surface area contributed by atoms with Gasteiger partial charge in [0.2, 0.25) is 5.91 Å². The molecule has 0 bridgehead atoms. The molecule has 146 valence electrons. The lowest BCUT2D eigenvalue weighted by atomic mass is 10.1. The van der Waals surface area contributed by atoms with Gasteiger partial charge in [0.15, 0.2) is 5.13 Å². The van der Waals surface area contributed by atoms with E-state index in [1.54, 1.807) is 6.07 Å². The second kappa shape index (κ2) is 7.89. The Morgan fingerprint density at radius 1 is 1.41 bits per heavy atom. The summed E-state index contributed by atoms with van der Waals surface area (Å²) in [7, 11) is 0. The molecule has 9 heteroatoms. The predicted octanol–water partition coefficient (Wildman–Crippen LogP) is 5.53. The number of nitrogens with zero attached hydrogens (tertiary/aromatic N) is 2. The van der Waals surface area contributed by atoms with Crippen LogP contribution in [0.25, 0.3) is 11.3 Å². The van der Waals surface area contributed by atoms with E-state index in [2.05, 4.69) is 38.1 Å². The van der Waals surface area contributed by atoms with Gasteiger partial charge in [-0.3, -0.25) is 9.69 Å². The molecular formula is C18H19BrF3N3OS. The molecule has 0 radical (unpaired) electrons. The van der Waals surface area contributed by atoms with Crippen LogP contribution >= 0.6 is 27.3 Å². The summed E-state index contributed by atoms with van der Waals surface area (Å²) in [6.07, 6.45) is -2.25. The van der Waals surface area contributed by atoms with Crippen LogP contribution in [0.2, 0.25) is 0 Å². The number of thiazole rings is 1. The van der Waals surface area contributed by atoms with Gasteiger partial charge in [-0.1, -0.05) is 27.3 Å². The minimum absolute atomic E-state index is 0.262. The third-order valence-electron chi connectivity index (χ3n) is 4.52. The number of hydrogen-bond acceptors (Lipinski definition) is 4. The summed E-state index contributed by atoms with van der Waals surface area (Å²) in [5.74, 6) is -0.262. The summed E-state index contributed by atoms with van der Waals surface area (Å²) in [5, 5.41) is 3.04. The maximum atomic E-state index is 13.2. The van der Waals surface area contributed by atoms with Crippen molar-refractivity contribution in [1.82, 2.24) is 9.88 Å². The molecule has 2 heterocycles. The molecule has 1 aromatic carbocycles. The molecule has 1 aromatic heterocycles. The fraction of sp³-hybridized carbons (Fsp3) is 0.444. The molecule has 1 amide bonds. The third kappa shape index (κ3) is 4.89. The van der Waals surface area contributed by atoms with Crippen molar-refractivity contribution in [1.29, 1.82) is 0 Å². The van der Waals surface area contributed by atoms with Crippen LogP contribution in [-0.2, 0) is 17.5 Å². The Morgan fingerprint density at radius 3 is 2.74 bits per heavy atom. The number of likely N-dealkylation sites (tertiary alicyclic amines) is 1. The molecule has 4 nitrogen and oxygen atoms in total. The quantitative estimate of drug-likeness (QED) is 0.650. The van der Waals surface area contributed by atoms with Crippen LogP contribution in [-0.4, -0.2) is 28.4 Å². The highest BCUT2D eigenvalue weighted by atomic mass is 79.9. The molecule has 0 aliphatic carbocycles.